The van der Waals surface area contributed by atoms with E-state index in [9.17, 15) is 0 Å². The van der Waals surface area contributed by atoms with Crippen molar-refractivity contribution in [3.63, 3.8) is 0 Å². The second-order valence-electron chi connectivity index (χ2n) is 13.9. The molecule has 0 aliphatic rings. The SMILES string of the molecule is [C-]#[N+]c1ccc2c(c1)c1ccccc1n2-c1ccc(-c2cccc(-n3c4ccccc4c4cccc(-n5c6ccccc6c6ccccc65)c43)c2[N+]#[C-])cc1. The fourth-order valence-electron chi connectivity index (χ4n) is 8.77. The Hall–Kier alpha value is -7.86. The summed E-state index contributed by atoms with van der Waals surface area (Å²) in [6.07, 6.45) is 0. The lowest BCUT2D eigenvalue weighted by Gasteiger charge is -2.17. The molecule has 5 nitrogen and oxygen atoms in total. The van der Waals surface area contributed by atoms with Crippen LogP contribution in [-0.2, 0) is 0 Å². The van der Waals surface area contributed by atoms with Gasteiger partial charge in [-0.3, -0.25) is 0 Å². The first-order valence-electron chi connectivity index (χ1n) is 18.3. The Kier molecular flexibility index (Phi) is 6.61. The summed E-state index contributed by atoms with van der Waals surface area (Å²) in [7, 11) is 0. The molecule has 0 amide bonds. The van der Waals surface area contributed by atoms with E-state index in [0.29, 0.717) is 11.4 Å². The summed E-state index contributed by atoms with van der Waals surface area (Å²) in [4.78, 5) is 7.96. The van der Waals surface area contributed by atoms with Crippen molar-refractivity contribution in [2.24, 2.45) is 0 Å². The summed E-state index contributed by atoms with van der Waals surface area (Å²) in [5.74, 6) is 0. The molecule has 11 aromatic rings. The Morgan fingerprint density at radius 3 is 1.51 bits per heavy atom. The maximum atomic E-state index is 8.65. The largest absolute Gasteiger partial charge is 0.317 e. The average Bonchev–Trinajstić information content (AvgIpc) is 3.89. The van der Waals surface area contributed by atoms with E-state index in [4.69, 9.17) is 13.1 Å². The molecule has 0 aliphatic carbocycles. The van der Waals surface area contributed by atoms with E-state index < -0.39 is 0 Å². The first kappa shape index (κ1) is 30.7. The number of para-hydroxylation sites is 6. The van der Waals surface area contributed by atoms with Gasteiger partial charge in [-0.1, -0.05) is 115 Å². The normalized spacial score (nSPS) is 11.6. The lowest BCUT2D eigenvalue weighted by molar-refractivity contribution is 1.13. The van der Waals surface area contributed by atoms with Crippen LogP contribution in [0.4, 0.5) is 11.4 Å². The number of fused-ring (bicyclic) bond motifs is 9. The highest BCUT2D eigenvalue weighted by Gasteiger charge is 2.22. The van der Waals surface area contributed by atoms with E-state index in [-0.39, 0.29) is 0 Å². The quantitative estimate of drug-likeness (QED) is 0.163. The predicted octanol–water partition coefficient (Wildman–Crippen LogP) is 13.7. The summed E-state index contributed by atoms with van der Waals surface area (Å²) in [5.41, 5.74) is 12.5. The Labute approximate surface area is 316 Å². The van der Waals surface area contributed by atoms with Gasteiger partial charge in [-0.2, -0.15) is 0 Å². The van der Waals surface area contributed by atoms with Crippen molar-refractivity contribution in [3.8, 4) is 28.2 Å². The molecule has 0 atom stereocenters. The maximum Gasteiger partial charge on any atom is 0.218 e. The third-order valence-electron chi connectivity index (χ3n) is 11.1. The maximum absolute atomic E-state index is 8.65. The van der Waals surface area contributed by atoms with E-state index in [1.165, 1.54) is 10.8 Å². The zero-order valence-corrected chi connectivity index (χ0v) is 29.5. The second kappa shape index (κ2) is 11.8. The summed E-state index contributed by atoms with van der Waals surface area (Å²) in [6.45, 7) is 16.2. The smallest absolute Gasteiger partial charge is 0.218 e. The fourth-order valence-corrected chi connectivity index (χ4v) is 8.77. The Bertz CT molecular complexity index is 3400. The molecule has 0 N–H and O–H groups in total. The number of hydrogen-bond acceptors (Lipinski definition) is 0. The summed E-state index contributed by atoms with van der Waals surface area (Å²) in [6, 6.07) is 61.2. The molecule has 0 aliphatic heterocycles. The van der Waals surface area contributed by atoms with Crippen LogP contribution in [-0.4, -0.2) is 13.7 Å². The lowest BCUT2D eigenvalue weighted by Crippen LogP contribution is -2.01. The van der Waals surface area contributed by atoms with Crippen LogP contribution in [0.1, 0.15) is 0 Å². The van der Waals surface area contributed by atoms with Gasteiger partial charge in [-0.25, -0.2) is 9.69 Å². The fraction of sp³-hybridized carbons (Fsp3) is 0. The third-order valence-corrected chi connectivity index (χ3v) is 11.1. The summed E-state index contributed by atoms with van der Waals surface area (Å²) in [5, 5.41) is 6.86. The van der Waals surface area contributed by atoms with E-state index in [1.54, 1.807) is 0 Å². The van der Waals surface area contributed by atoms with Gasteiger partial charge in [0.15, 0.2) is 5.69 Å². The second-order valence-corrected chi connectivity index (χ2v) is 13.9. The van der Waals surface area contributed by atoms with Gasteiger partial charge in [-0.05, 0) is 77.2 Å². The minimum atomic E-state index is 0.596. The Morgan fingerprint density at radius 1 is 0.364 bits per heavy atom. The molecule has 254 valence electrons. The minimum absolute atomic E-state index is 0.596. The molecule has 11 rings (SSSR count). The van der Waals surface area contributed by atoms with Crippen molar-refractivity contribution < 1.29 is 0 Å². The van der Waals surface area contributed by atoms with Crippen molar-refractivity contribution in [3.05, 3.63) is 199 Å². The van der Waals surface area contributed by atoms with Gasteiger partial charge in [0.25, 0.3) is 0 Å². The molecule has 0 bridgehead atoms. The Balaban J connectivity index is 1.13. The number of nitrogens with zero attached hydrogens (tertiary/aromatic N) is 5. The van der Waals surface area contributed by atoms with E-state index >= 15 is 0 Å². The van der Waals surface area contributed by atoms with Gasteiger partial charge in [0, 0.05) is 32.6 Å². The number of hydrogen-bond donors (Lipinski definition) is 0. The highest BCUT2D eigenvalue weighted by Crippen LogP contribution is 2.44. The van der Waals surface area contributed by atoms with Crippen LogP contribution in [0.25, 0.3) is 103 Å². The molecular weight excluding hydrogens is 671 g/mol. The van der Waals surface area contributed by atoms with Gasteiger partial charge < -0.3 is 13.7 Å². The van der Waals surface area contributed by atoms with Gasteiger partial charge in [0.2, 0.25) is 5.69 Å². The Morgan fingerprint density at radius 2 is 0.873 bits per heavy atom. The van der Waals surface area contributed by atoms with Crippen LogP contribution in [0.3, 0.4) is 0 Å². The summed E-state index contributed by atoms with van der Waals surface area (Å²) < 4.78 is 6.92. The molecule has 0 spiro atoms. The molecule has 3 heterocycles. The highest BCUT2D eigenvalue weighted by molar-refractivity contribution is 6.15. The van der Waals surface area contributed by atoms with Gasteiger partial charge in [0.05, 0.1) is 57.6 Å². The number of aromatic nitrogens is 3. The third kappa shape index (κ3) is 4.39. The van der Waals surface area contributed by atoms with Crippen LogP contribution in [0.15, 0.2) is 176 Å². The predicted molar refractivity (Wildman–Crippen MR) is 227 cm³/mol. The van der Waals surface area contributed by atoms with Crippen LogP contribution >= 0.6 is 0 Å². The molecule has 0 radical (unpaired) electrons. The molecule has 5 heteroatoms. The molecule has 3 aromatic heterocycles. The van der Waals surface area contributed by atoms with E-state index in [2.05, 4.69) is 175 Å². The summed E-state index contributed by atoms with van der Waals surface area (Å²) >= 11 is 0. The molecular formula is C50H29N5. The van der Waals surface area contributed by atoms with Gasteiger partial charge in [-0.15, -0.1) is 0 Å². The van der Waals surface area contributed by atoms with Gasteiger partial charge >= 0.3 is 0 Å². The monoisotopic (exact) mass is 699 g/mol. The number of rotatable bonds is 4. The number of benzene rings is 8. The van der Waals surface area contributed by atoms with Crippen LogP contribution < -0.4 is 0 Å². The standard InChI is InChI=1S/C50H29N5/c1-51-33-27-30-46-41(31-33)39-16-6-7-19-42(39)53(46)34-28-25-32(26-29-34)35-17-11-23-47(49(35)52-2)55-45-22-10-5-15-38(45)40-18-12-24-48(50(40)55)54-43-20-8-3-13-36(43)37-14-4-9-21-44(37)54/h3-31H. The minimum Gasteiger partial charge on any atom is -0.317 e. The van der Waals surface area contributed by atoms with Gasteiger partial charge in [0.1, 0.15) is 0 Å². The molecule has 55 heavy (non-hydrogen) atoms. The van der Waals surface area contributed by atoms with Crippen molar-refractivity contribution in [2.75, 3.05) is 0 Å². The van der Waals surface area contributed by atoms with E-state index in [1.807, 2.05) is 24.3 Å². The molecule has 0 fully saturated rings. The first-order chi connectivity index (χ1) is 27.2. The van der Waals surface area contributed by atoms with Crippen molar-refractivity contribution in [1.29, 1.82) is 0 Å². The topological polar surface area (TPSA) is 23.5 Å². The lowest BCUT2D eigenvalue weighted by atomic mass is 10.0. The molecule has 0 saturated carbocycles. The molecule has 0 saturated heterocycles. The zero-order chi connectivity index (χ0) is 36.6. The molecule has 0 unspecified atom stereocenters. The van der Waals surface area contributed by atoms with Crippen LogP contribution in [0.5, 0.6) is 0 Å². The van der Waals surface area contributed by atoms with Crippen LogP contribution in [0.2, 0.25) is 0 Å². The van der Waals surface area contributed by atoms with Crippen molar-refractivity contribution in [1.82, 2.24) is 13.7 Å². The highest BCUT2D eigenvalue weighted by atomic mass is 15.1. The zero-order valence-electron chi connectivity index (χ0n) is 29.5. The van der Waals surface area contributed by atoms with Crippen LogP contribution in [0, 0.1) is 13.1 Å². The first-order valence-corrected chi connectivity index (χ1v) is 18.3. The van der Waals surface area contributed by atoms with Crippen molar-refractivity contribution in [2.45, 2.75) is 0 Å². The van der Waals surface area contributed by atoms with Crippen molar-refractivity contribution >= 4 is 76.8 Å². The average molecular weight is 700 g/mol. The molecule has 8 aromatic carbocycles. The van der Waals surface area contributed by atoms with E-state index in [0.717, 1.165) is 82.8 Å².